The molecule has 0 unspecified atom stereocenters. The number of hydrogen-bond donors (Lipinski definition) is 0. The van der Waals surface area contributed by atoms with E-state index < -0.39 is 0 Å². The van der Waals surface area contributed by atoms with Crippen LogP contribution in [0.3, 0.4) is 0 Å². The van der Waals surface area contributed by atoms with Crippen LogP contribution in [-0.4, -0.2) is 4.57 Å². The van der Waals surface area contributed by atoms with Crippen LogP contribution in [0.25, 0.3) is 0 Å². The lowest BCUT2D eigenvalue weighted by Gasteiger charge is -2.18. The van der Waals surface area contributed by atoms with Gasteiger partial charge in [-0.25, -0.2) is 9.13 Å². The Morgan fingerprint density at radius 1 is 0.769 bits per heavy atom. The number of aromatic nitrogens is 2. The normalized spacial score (nSPS) is 15.1. The van der Waals surface area contributed by atoms with Crippen molar-refractivity contribution in [3.05, 3.63) is 18.7 Å². The molecule has 0 bridgehead atoms. The average Bonchev–Trinajstić information content (AvgIpc) is 3.12. The highest BCUT2D eigenvalue weighted by Crippen LogP contribution is 2.27. The summed E-state index contributed by atoms with van der Waals surface area (Å²) in [6.07, 6.45) is 31.2. The Morgan fingerprint density at radius 2 is 1.31 bits per heavy atom. The summed E-state index contributed by atoms with van der Waals surface area (Å²) >= 11 is 0. The van der Waals surface area contributed by atoms with Gasteiger partial charge < -0.3 is 17.0 Å². The van der Waals surface area contributed by atoms with Crippen molar-refractivity contribution in [2.24, 2.45) is 0 Å². The highest BCUT2D eigenvalue weighted by atomic mass is 79.9. The summed E-state index contributed by atoms with van der Waals surface area (Å²) in [5, 5.41) is 0. The minimum Gasteiger partial charge on any atom is -1.00 e. The molecule has 1 saturated carbocycles. The standard InChI is InChI=1S/C23H43N2.BrH/c1-2-3-4-5-6-7-8-9-10-11-12-16-19-24-20-21-25(22-24)23-17-14-13-15-18-23;/h20-23H,2-19H2,1H3;1H/q+1;/p-1. The summed E-state index contributed by atoms with van der Waals surface area (Å²) in [6.45, 7) is 3.50. The van der Waals surface area contributed by atoms with E-state index in [9.17, 15) is 0 Å². The molecule has 0 N–H and O–H groups in total. The van der Waals surface area contributed by atoms with Crippen LogP contribution in [0.5, 0.6) is 0 Å². The molecule has 1 heterocycles. The van der Waals surface area contributed by atoms with E-state index in [1.807, 2.05) is 0 Å². The van der Waals surface area contributed by atoms with Crippen LogP contribution in [0, 0.1) is 0 Å². The van der Waals surface area contributed by atoms with Gasteiger partial charge in [0, 0.05) is 0 Å². The Morgan fingerprint density at radius 3 is 1.88 bits per heavy atom. The molecule has 1 aliphatic carbocycles. The zero-order chi connectivity index (χ0) is 17.6. The molecule has 0 amide bonds. The SMILES string of the molecule is CCCCCCCCCCCCCC[n+]1ccn(C2CCCCC2)c1.[Br-]. The van der Waals surface area contributed by atoms with Gasteiger partial charge >= 0.3 is 0 Å². The van der Waals surface area contributed by atoms with Gasteiger partial charge in [-0.1, -0.05) is 77.6 Å². The lowest BCUT2D eigenvalue weighted by atomic mass is 9.95. The minimum atomic E-state index is 0. The first kappa shape index (κ1) is 23.7. The van der Waals surface area contributed by atoms with Crippen LogP contribution >= 0.6 is 0 Å². The van der Waals surface area contributed by atoms with E-state index in [0.29, 0.717) is 0 Å². The second kappa shape index (κ2) is 15.7. The lowest BCUT2D eigenvalue weighted by Crippen LogP contribution is -3.00. The van der Waals surface area contributed by atoms with Crippen LogP contribution in [0.15, 0.2) is 18.7 Å². The van der Waals surface area contributed by atoms with Crippen LogP contribution in [-0.2, 0) is 6.54 Å². The van der Waals surface area contributed by atoms with E-state index in [1.54, 1.807) is 0 Å². The fourth-order valence-electron chi connectivity index (χ4n) is 4.27. The molecule has 2 nitrogen and oxygen atoms in total. The van der Waals surface area contributed by atoms with E-state index in [1.165, 1.54) is 116 Å². The van der Waals surface area contributed by atoms with Crippen molar-refractivity contribution >= 4 is 0 Å². The first-order chi connectivity index (χ1) is 12.4. The Labute approximate surface area is 173 Å². The van der Waals surface area contributed by atoms with Gasteiger partial charge in [-0.15, -0.1) is 0 Å². The van der Waals surface area contributed by atoms with Gasteiger partial charge in [0.25, 0.3) is 0 Å². The zero-order valence-corrected chi connectivity index (χ0v) is 18.9. The molecule has 1 aromatic rings. The van der Waals surface area contributed by atoms with Crippen molar-refractivity contribution in [1.82, 2.24) is 4.57 Å². The maximum atomic E-state index is 2.47. The molecule has 0 atom stereocenters. The predicted octanol–water partition coefficient (Wildman–Crippen LogP) is 3.99. The zero-order valence-electron chi connectivity index (χ0n) is 17.3. The van der Waals surface area contributed by atoms with Crippen molar-refractivity contribution in [2.75, 3.05) is 0 Å². The predicted molar refractivity (Wildman–Crippen MR) is 108 cm³/mol. The molecule has 3 heteroatoms. The second-order valence-corrected chi connectivity index (χ2v) is 8.28. The smallest absolute Gasteiger partial charge is 0.243 e. The largest absolute Gasteiger partial charge is 1.00 e. The molecule has 0 spiro atoms. The van der Waals surface area contributed by atoms with Crippen LogP contribution < -0.4 is 21.5 Å². The van der Waals surface area contributed by atoms with Gasteiger partial charge in [0.1, 0.15) is 18.4 Å². The molecular weight excluding hydrogens is 384 g/mol. The first-order valence-corrected chi connectivity index (χ1v) is 11.5. The summed E-state index contributed by atoms with van der Waals surface area (Å²) in [5.41, 5.74) is 0. The number of hydrogen-bond acceptors (Lipinski definition) is 0. The van der Waals surface area contributed by atoms with Crippen LogP contribution in [0.1, 0.15) is 122 Å². The van der Waals surface area contributed by atoms with Crippen LogP contribution in [0.4, 0.5) is 0 Å². The highest BCUT2D eigenvalue weighted by Gasteiger charge is 2.19. The summed E-state index contributed by atoms with van der Waals surface area (Å²) in [4.78, 5) is 0. The van der Waals surface area contributed by atoms with Crippen molar-refractivity contribution in [3.63, 3.8) is 0 Å². The maximum absolute atomic E-state index is 2.47. The van der Waals surface area contributed by atoms with Gasteiger partial charge in [0.15, 0.2) is 0 Å². The van der Waals surface area contributed by atoms with Gasteiger partial charge in [0.2, 0.25) is 6.33 Å². The first-order valence-electron chi connectivity index (χ1n) is 11.5. The second-order valence-electron chi connectivity index (χ2n) is 8.28. The van der Waals surface area contributed by atoms with E-state index in [2.05, 4.69) is 34.8 Å². The van der Waals surface area contributed by atoms with E-state index in [-0.39, 0.29) is 17.0 Å². The van der Waals surface area contributed by atoms with E-state index in [4.69, 9.17) is 0 Å². The number of nitrogens with zero attached hydrogens (tertiary/aromatic N) is 2. The van der Waals surface area contributed by atoms with E-state index >= 15 is 0 Å². The monoisotopic (exact) mass is 426 g/mol. The van der Waals surface area contributed by atoms with Crippen molar-refractivity contribution < 1.29 is 21.5 Å². The Bertz CT molecular complexity index is 424. The third-order valence-electron chi connectivity index (χ3n) is 5.98. The lowest BCUT2D eigenvalue weighted by molar-refractivity contribution is -0.697. The fourth-order valence-corrected chi connectivity index (χ4v) is 4.27. The van der Waals surface area contributed by atoms with Gasteiger partial charge in [-0.3, -0.25) is 0 Å². The highest BCUT2D eigenvalue weighted by molar-refractivity contribution is 4.77. The fraction of sp³-hybridized carbons (Fsp3) is 0.870. The molecule has 0 aliphatic heterocycles. The molecule has 1 aromatic heterocycles. The molecule has 0 saturated heterocycles. The molecule has 2 rings (SSSR count). The summed E-state index contributed by atoms with van der Waals surface area (Å²) in [5.74, 6) is 0. The maximum Gasteiger partial charge on any atom is 0.243 e. The topological polar surface area (TPSA) is 8.81 Å². The van der Waals surface area contributed by atoms with Crippen molar-refractivity contribution in [3.8, 4) is 0 Å². The summed E-state index contributed by atoms with van der Waals surface area (Å²) < 4.78 is 4.88. The Balaban J connectivity index is 0.00000338. The van der Waals surface area contributed by atoms with E-state index in [0.717, 1.165) is 6.04 Å². The summed E-state index contributed by atoms with van der Waals surface area (Å²) in [6, 6.07) is 0.775. The Kier molecular flexibility index (Phi) is 14.3. The Hall–Kier alpha value is -0.310. The molecule has 0 aromatic carbocycles. The number of aryl methyl sites for hydroxylation is 1. The summed E-state index contributed by atoms with van der Waals surface area (Å²) in [7, 11) is 0. The molecule has 1 fully saturated rings. The minimum absolute atomic E-state index is 0. The number of unbranched alkanes of at least 4 members (excludes halogenated alkanes) is 11. The molecular formula is C23H43BrN2. The van der Waals surface area contributed by atoms with Crippen LogP contribution in [0.2, 0.25) is 0 Å². The molecule has 26 heavy (non-hydrogen) atoms. The third kappa shape index (κ3) is 10.1. The van der Waals surface area contributed by atoms with Crippen molar-refractivity contribution in [2.45, 2.75) is 129 Å². The number of rotatable bonds is 14. The number of imidazole rings is 1. The van der Waals surface area contributed by atoms with Gasteiger partial charge in [0.05, 0.1) is 6.54 Å². The molecule has 0 radical (unpaired) electrons. The quantitative estimate of drug-likeness (QED) is 0.314. The van der Waals surface area contributed by atoms with Gasteiger partial charge in [-0.2, -0.15) is 0 Å². The third-order valence-corrected chi connectivity index (χ3v) is 5.98. The molecule has 1 aliphatic rings. The van der Waals surface area contributed by atoms with Crippen molar-refractivity contribution in [1.29, 1.82) is 0 Å². The average molecular weight is 428 g/mol. The van der Waals surface area contributed by atoms with Gasteiger partial charge in [-0.05, 0) is 38.5 Å². The number of halogens is 1. The molecule has 152 valence electrons.